The van der Waals surface area contributed by atoms with Crippen molar-refractivity contribution in [3.8, 4) is 0 Å². The highest BCUT2D eigenvalue weighted by Gasteiger charge is 2.38. The van der Waals surface area contributed by atoms with Crippen LogP contribution in [-0.2, 0) is 12.1 Å². The zero-order valence-corrected chi connectivity index (χ0v) is 15.8. The highest BCUT2D eigenvalue weighted by atomic mass is 19.4. The minimum Gasteiger partial charge on any atom is -0.352 e. The monoisotopic (exact) mass is 432 g/mol. The van der Waals surface area contributed by atoms with Gasteiger partial charge < -0.3 is 10.6 Å². The predicted octanol–water partition coefficient (Wildman–Crippen LogP) is 5.02. The van der Waals surface area contributed by atoms with E-state index in [9.17, 15) is 31.1 Å². The van der Waals surface area contributed by atoms with Crippen molar-refractivity contribution >= 4 is 17.5 Å². The van der Waals surface area contributed by atoms with Crippen LogP contribution in [0.5, 0.6) is 0 Å². The maximum atomic E-state index is 14.3. The van der Waals surface area contributed by atoms with Crippen LogP contribution in [0.25, 0.3) is 0 Å². The van der Waals surface area contributed by atoms with Gasteiger partial charge in [0.25, 0.3) is 11.8 Å². The van der Waals surface area contributed by atoms with Crippen LogP contribution in [0.3, 0.4) is 0 Å². The summed E-state index contributed by atoms with van der Waals surface area (Å²) in [5.74, 6) is -6.27. The highest BCUT2D eigenvalue weighted by Crippen LogP contribution is 2.34. The van der Waals surface area contributed by atoms with Gasteiger partial charge in [-0.3, -0.25) is 4.79 Å². The van der Waals surface area contributed by atoms with Crippen LogP contribution in [0.15, 0.2) is 24.4 Å². The standard InChI is InChI=1S/C19H18F6N4O/c1-18(21,22)12-6-3-7-13(14(12)20)28-17-27-9-11(15(29-17)19(23,24)25)16(30)26-8-10-4-2-5-10/h3,6-7,9-10H,2,4-5,8H2,1H3,(H,26,30)(H,27,28,29). The van der Waals surface area contributed by atoms with Crippen molar-refractivity contribution in [1.82, 2.24) is 15.3 Å². The number of amides is 1. The Bertz CT molecular complexity index is 938. The Kier molecular flexibility index (Phi) is 5.91. The Morgan fingerprint density at radius 1 is 1.20 bits per heavy atom. The van der Waals surface area contributed by atoms with E-state index in [0.29, 0.717) is 13.1 Å². The molecule has 11 heteroatoms. The Labute approximate surface area is 167 Å². The number of halogens is 6. The average molecular weight is 432 g/mol. The average Bonchev–Trinajstić information content (AvgIpc) is 2.60. The van der Waals surface area contributed by atoms with Crippen LogP contribution in [0.1, 0.15) is 47.8 Å². The number of benzene rings is 1. The summed E-state index contributed by atoms with van der Waals surface area (Å²) in [6, 6.07) is 3.03. The molecule has 2 aromatic rings. The highest BCUT2D eigenvalue weighted by molar-refractivity contribution is 5.95. The molecule has 5 nitrogen and oxygen atoms in total. The molecule has 0 unspecified atom stereocenters. The number of anilines is 2. The summed E-state index contributed by atoms with van der Waals surface area (Å²) in [6.07, 6.45) is -1.51. The van der Waals surface area contributed by atoms with Crippen LogP contribution in [0.4, 0.5) is 38.0 Å². The van der Waals surface area contributed by atoms with E-state index >= 15 is 0 Å². The molecule has 1 aliphatic rings. The molecule has 30 heavy (non-hydrogen) atoms. The molecule has 0 radical (unpaired) electrons. The van der Waals surface area contributed by atoms with Crippen molar-refractivity contribution in [2.24, 2.45) is 5.92 Å². The molecular weight excluding hydrogens is 414 g/mol. The van der Waals surface area contributed by atoms with Crippen molar-refractivity contribution < 1.29 is 31.1 Å². The zero-order valence-electron chi connectivity index (χ0n) is 15.8. The molecule has 1 aromatic carbocycles. The van der Waals surface area contributed by atoms with Crippen molar-refractivity contribution in [1.29, 1.82) is 0 Å². The van der Waals surface area contributed by atoms with Crippen LogP contribution in [0.2, 0.25) is 0 Å². The third kappa shape index (κ3) is 4.82. The third-order valence-corrected chi connectivity index (χ3v) is 4.80. The number of rotatable bonds is 6. The van der Waals surface area contributed by atoms with Gasteiger partial charge in [0.05, 0.1) is 16.8 Å². The quantitative estimate of drug-likeness (QED) is 0.629. The van der Waals surface area contributed by atoms with Gasteiger partial charge in [0, 0.05) is 19.7 Å². The number of nitrogens with one attached hydrogen (secondary N) is 2. The third-order valence-electron chi connectivity index (χ3n) is 4.80. The fraction of sp³-hybridized carbons (Fsp3) is 0.421. The first-order valence-electron chi connectivity index (χ1n) is 9.13. The van der Waals surface area contributed by atoms with Gasteiger partial charge in [0.1, 0.15) is 0 Å². The number of carbonyl (C=O) groups excluding carboxylic acids is 1. The van der Waals surface area contributed by atoms with Crippen molar-refractivity contribution in [3.05, 3.63) is 47.0 Å². The fourth-order valence-electron chi connectivity index (χ4n) is 2.94. The number of hydrogen-bond acceptors (Lipinski definition) is 4. The summed E-state index contributed by atoms with van der Waals surface area (Å²) >= 11 is 0. The smallest absolute Gasteiger partial charge is 0.352 e. The van der Waals surface area contributed by atoms with Crippen molar-refractivity contribution in [2.45, 2.75) is 38.3 Å². The molecule has 0 bridgehead atoms. The van der Waals surface area contributed by atoms with Gasteiger partial charge in [-0.05, 0) is 30.9 Å². The van der Waals surface area contributed by atoms with Gasteiger partial charge in [0.2, 0.25) is 5.95 Å². The summed E-state index contributed by atoms with van der Waals surface area (Å²) in [7, 11) is 0. The topological polar surface area (TPSA) is 66.9 Å². The van der Waals surface area contributed by atoms with Crippen LogP contribution in [0, 0.1) is 11.7 Å². The summed E-state index contributed by atoms with van der Waals surface area (Å²) < 4.78 is 81.5. The largest absolute Gasteiger partial charge is 0.434 e. The van der Waals surface area contributed by atoms with Gasteiger partial charge in [-0.2, -0.15) is 13.2 Å². The lowest BCUT2D eigenvalue weighted by Gasteiger charge is -2.25. The Morgan fingerprint density at radius 3 is 2.47 bits per heavy atom. The molecule has 0 spiro atoms. The molecule has 0 saturated heterocycles. The maximum Gasteiger partial charge on any atom is 0.434 e. The van der Waals surface area contributed by atoms with Gasteiger partial charge in [-0.25, -0.2) is 23.1 Å². The van der Waals surface area contributed by atoms with Gasteiger partial charge >= 0.3 is 6.18 Å². The molecule has 0 atom stereocenters. The molecule has 2 N–H and O–H groups in total. The van der Waals surface area contributed by atoms with Crippen LogP contribution < -0.4 is 10.6 Å². The molecule has 1 fully saturated rings. The van der Waals surface area contributed by atoms with E-state index < -0.39 is 52.3 Å². The van der Waals surface area contributed by atoms with E-state index in [1.165, 1.54) is 0 Å². The Balaban J connectivity index is 1.87. The predicted molar refractivity (Wildman–Crippen MR) is 96.0 cm³/mol. The van der Waals surface area contributed by atoms with Gasteiger partial charge in [-0.1, -0.05) is 12.5 Å². The zero-order chi connectivity index (χ0) is 22.1. The number of nitrogens with zero attached hydrogens (tertiary/aromatic N) is 2. The Hall–Kier alpha value is -2.85. The van der Waals surface area contributed by atoms with E-state index in [0.717, 1.165) is 37.5 Å². The number of alkyl halides is 5. The minimum absolute atomic E-state index is 0.233. The fourth-order valence-corrected chi connectivity index (χ4v) is 2.94. The van der Waals surface area contributed by atoms with Crippen molar-refractivity contribution in [2.75, 3.05) is 11.9 Å². The molecule has 1 aromatic heterocycles. The second-order valence-electron chi connectivity index (χ2n) is 7.14. The molecule has 1 saturated carbocycles. The lowest BCUT2D eigenvalue weighted by molar-refractivity contribution is -0.141. The van der Waals surface area contributed by atoms with Gasteiger partial charge in [-0.15, -0.1) is 0 Å². The normalized spacial score (nSPS) is 14.9. The molecule has 1 aliphatic carbocycles. The SMILES string of the molecule is CC(F)(F)c1cccc(Nc2ncc(C(=O)NCC3CCC3)c(C(F)(F)F)n2)c1F. The van der Waals surface area contributed by atoms with Crippen LogP contribution >= 0.6 is 0 Å². The lowest BCUT2D eigenvalue weighted by atomic mass is 9.85. The van der Waals surface area contributed by atoms with E-state index in [1.807, 2.05) is 0 Å². The summed E-state index contributed by atoms with van der Waals surface area (Å²) in [5.41, 5.74) is -3.75. The molecule has 1 heterocycles. The first-order valence-corrected chi connectivity index (χ1v) is 9.13. The second-order valence-corrected chi connectivity index (χ2v) is 7.14. The number of aromatic nitrogens is 2. The molecule has 0 aliphatic heterocycles. The van der Waals surface area contributed by atoms with Gasteiger partial charge in [0.15, 0.2) is 11.5 Å². The van der Waals surface area contributed by atoms with E-state index in [4.69, 9.17) is 0 Å². The lowest BCUT2D eigenvalue weighted by Crippen LogP contribution is -2.33. The minimum atomic E-state index is -4.99. The number of hydrogen-bond donors (Lipinski definition) is 2. The molecule has 1 amide bonds. The van der Waals surface area contributed by atoms with E-state index in [1.54, 1.807) is 0 Å². The first kappa shape index (κ1) is 21.8. The number of carbonyl (C=O) groups is 1. The molecule has 3 rings (SSSR count). The summed E-state index contributed by atoms with van der Waals surface area (Å²) in [5, 5.41) is 4.60. The van der Waals surface area contributed by atoms with E-state index in [2.05, 4.69) is 20.6 Å². The molecular formula is C19H18F6N4O. The Morgan fingerprint density at radius 2 is 1.90 bits per heavy atom. The molecule has 162 valence electrons. The van der Waals surface area contributed by atoms with Crippen LogP contribution in [-0.4, -0.2) is 22.4 Å². The second kappa shape index (κ2) is 8.11. The summed E-state index contributed by atoms with van der Waals surface area (Å²) in [6.45, 7) is 0.740. The van der Waals surface area contributed by atoms with E-state index in [-0.39, 0.29) is 12.5 Å². The maximum absolute atomic E-state index is 14.3. The summed E-state index contributed by atoms with van der Waals surface area (Å²) in [4.78, 5) is 19.1. The van der Waals surface area contributed by atoms with Crippen molar-refractivity contribution in [3.63, 3.8) is 0 Å². The first-order chi connectivity index (χ1) is 14.0.